The summed E-state index contributed by atoms with van der Waals surface area (Å²) < 4.78 is 5.14. The number of methoxy groups -OCH3 is 1. The molecule has 0 saturated carbocycles. The lowest BCUT2D eigenvalue weighted by Crippen LogP contribution is -1.88. The molecule has 2 aromatic rings. The molecule has 0 amide bonds. The largest absolute Gasteiger partial charge is 0.497 e. The summed E-state index contributed by atoms with van der Waals surface area (Å²) in [6.45, 7) is 4.11. The quantitative estimate of drug-likeness (QED) is 0.763. The number of ether oxygens (including phenoxy) is 1. The topological polar surface area (TPSA) is 22.1 Å². The van der Waals surface area contributed by atoms with Crippen molar-refractivity contribution in [2.24, 2.45) is 0 Å². The van der Waals surface area contributed by atoms with Crippen LogP contribution < -0.4 is 4.74 Å². The third-order valence-electron chi connectivity index (χ3n) is 2.65. The molecule has 82 valence electrons. The zero-order valence-corrected chi connectivity index (χ0v) is 9.82. The molecule has 0 aliphatic carbocycles. The summed E-state index contributed by atoms with van der Waals surface area (Å²) in [5.74, 6) is 0.876. The fourth-order valence-corrected chi connectivity index (χ4v) is 1.77. The Balaban J connectivity index is 2.42. The van der Waals surface area contributed by atoms with Crippen molar-refractivity contribution in [2.75, 3.05) is 7.11 Å². The zero-order chi connectivity index (χ0) is 11.5. The molecule has 0 aliphatic rings. The maximum Gasteiger partial charge on any atom is 0.118 e. The van der Waals surface area contributed by atoms with E-state index in [-0.39, 0.29) is 0 Å². The van der Waals surface area contributed by atoms with Gasteiger partial charge < -0.3 is 4.74 Å². The van der Waals surface area contributed by atoms with Crippen LogP contribution in [0.2, 0.25) is 0 Å². The normalized spacial score (nSPS) is 10.2. The number of aryl methyl sites for hydroxylation is 2. The molecule has 0 saturated heterocycles. The van der Waals surface area contributed by atoms with Gasteiger partial charge in [0.2, 0.25) is 0 Å². The number of pyridine rings is 1. The van der Waals surface area contributed by atoms with Gasteiger partial charge in [-0.15, -0.1) is 0 Å². The second-order valence-corrected chi connectivity index (χ2v) is 3.87. The van der Waals surface area contributed by atoms with E-state index in [2.05, 4.69) is 30.1 Å². The van der Waals surface area contributed by atoms with E-state index in [0.29, 0.717) is 0 Å². The van der Waals surface area contributed by atoms with Crippen molar-refractivity contribution in [1.82, 2.24) is 4.98 Å². The standard InChI is InChI=1S/C14H15NO/c1-10-8-11(2)15-9-14(10)12-4-6-13(16-3)7-5-12/h4-9H,1-3H3. The van der Waals surface area contributed by atoms with E-state index < -0.39 is 0 Å². The van der Waals surface area contributed by atoms with E-state index in [1.165, 1.54) is 16.7 Å². The molecule has 1 aromatic carbocycles. The number of hydrogen-bond donors (Lipinski definition) is 0. The number of hydrogen-bond acceptors (Lipinski definition) is 2. The van der Waals surface area contributed by atoms with E-state index in [1.54, 1.807) is 7.11 Å². The van der Waals surface area contributed by atoms with Gasteiger partial charge in [-0.3, -0.25) is 4.98 Å². The molecule has 2 heteroatoms. The number of aromatic nitrogens is 1. The van der Waals surface area contributed by atoms with E-state index >= 15 is 0 Å². The lowest BCUT2D eigenvalue weighted by molar-refractivity contribution is 0.415. The van der Waals surface area contributed by atoms with Gasteiger partial charge in [0.15, 0.2) is 0 Å². The highest BCUT2D eigenvalue weighted by Crippen LogP contribution is 2.24. The van der Waals surface area contributed by atoms with Crippen LogP contribution in [0.15, 0.2) is 36.5 Å². The summed E-state index contributed by atoms with van der Waals surface area (Å²) >= 11 is 0. The molecule has 2 nitrogen and oxygen atoms in total. The van der Waals surface area contributed by atoms with Gasteiger partial charge in [-0.25, -0.2) is 0 Å². The minimum atomic E-state index is 0.876. The SMILES string of the molecule is COc1ccc(-c2cnc(C)cc2C)cc1. The van der Waals surface area contributed by atoms with Crippen molar-refractivity contribution in [3.63, 3.8) is 0 Å². The monoisotopic (exact) mass is 213 g/mol. The Morgan fingerprint density at radius 1 is 1.06 bits per heavy atom. The van der Waals surface area contributed by atoms with E-state index in [1.807, 2.05) is 25.3 Å². The molecule has 0 radical (unpaired) electrons. The van der Waals surface area contributed by atoms with Crippen molar-refractivity contribution >= 4 is 0 Å². The highest BCUT2D eigenvalue weighted by Gasteiger charge is 2.02. The van der Waals surface area contributed by atoms with Crippen LogP contribution in [0.4, 0.5) is 0 Å². The average molecular weight is 213 g/mol. The second-order valence-electron chi connectivity index (χ2n) is 3.87. The van der Waals surface area contributed by atoms with Crippen LogP contribution in [0.3, 0.4) is 0 Å². The summed E-state index contributed by atoms with van der Waals surface area (Å²) in [6, 6.07) is 10.1. The molecule has 0 spiro atoms. The van der Waals surface area contributed by atoms with Gasteiger partial charge in [0, 0.05) is 17.5 Å². The average Bonchev–Trinajstić information content (AvgIpc) is 2.29. The van der Waals surface area contributed by atoms with Gasteiger partial charge in [0.25, 0.3) is 0 Å². The Labute approximate surface area is 95.9 Å². The first-order valence-electron chi connectivity index (χ1n) is 5.28. The van der Waals surface area contributed by atoms with Crippen molar-refractivity contribution in [1.29, 1.82) is 0 Å². The van der Waals surface area contributed by atoms with Crippen molar-refractivity contribution in [3.05, 3.63) is 47.8 Å². The van der Waals surface area contributed by atoms with Crippen LogP contribution in [0.25, 0.3) is 11.1 Å². The highest BCUT2D eigenvalue weighted by atomic mass is 16.5. The Morgan fingerprint density at radius 3 is 2.31 bits per heavy atom. The summed E-state index contributed by atoms with van der Waals surface area (Å²) in [5, 5.41) is 0. The smallest absolute Gasteiger partial charge is 0.118 e. The lowest BCUT2D eigenvalue weighted by atomic mass is 10.0. The molecule has 0 unspecified atom stereocenters. The maximum atomic E-state index is 5.14. The van der Waals surface area contributed by atoms with Crippen LogP contribution in [0.1, 0.15) is 11.3 Å². The third kappa shape index (κ3) is 2.06. The lowest BCUT2D eigenvalue weighted by Gasteiger charge is -2.07. The molecule has 0 fully saturated rings. The first-order valence-corrected chi connectivity index (χ1v) is 5.28. The predicted molar refractivity (Wildman–Crippen MR) is 65.7 cm³/mol. The van der Waals surface area contributed by atoms with Crippen LogP contribution in [-0.4, -0.2) is 12.1 Å². The molecule has 0 atom stereocenters. The Hall–Kier alpha value is -1.83. The van der Waals surface area contributed by atoms with Gasteiger partial charge in [-0.1, -0.05) is 12.1 Å². The van der Waals surface area contributed by atoms with Gasteiger partial charge >= 0.3 is 0 Å². The molecule has 0 bridgehead atoms. The molecule has 16 heavy (non-hydrogen) atoms. The Kier molecular flexibility index (Phi) is 2.91. The van der Waals surface area contributed by atoms with Crippen LogP contribution in [0.5, 0.6) is 5.75 Å². The van der Waals surface area contributed by atoms with Crippen molar-refractivity contribution < 1.29 is 4.74 Å². The van der Waals surface area contributed by atoms with Gasteiger partial charge in [0.1, 0.15) is 5.75 Å². The van der Waals surface area contributed by atoms with Crippen molar-refractivity contribution in [3.8, 4) is 16.9 Å². The van der Waals surface area contributed by atoms with Crippen LogP contribution in [-0.2, 0) is 0 Å². The summed E-state index contributed by atoms with van der Waals surface area (Å²) in [5.41, 5.74) is 4.64. The number of rotatable bonds is 2. The molecular formula is C14H15NO. The maximum absolute atomic E-state index is 5.14. The first-order chi connectivity index (χ1) is 7.70. The van der Waals surface area contributed by atoms with E-state index in [4.69, 9.17) is 4.74 Å². The predicted octanol–water partition coefficient (Wildman–Crippen LogP) is 3.37. The Morgan fingerprint density at radius 2 is 1.75 bits per heavy atom. The molecule has 0 N–H and O–H groups in total. The summed E-state index contributed by atoms with van der Waals surface area (Å²) in [7, 11) is 1.67. The van der Waals surface area contributed by atoms with E-state index in [0.717, 1.165) is 11.4 Å². The van der Waals surface area contributed by atoms with Gasteiger partial charge in [-0.2, -0.15) is 0 Å². The molecular weight excluding hydrogens is 198 g/mol. The fourth-order valence-electron chi connectivity index (χ4n) is 1.77. The van der Waals surface area contributed by atoms with Crippen LogP contribution in [0, 0.1) is 13.8 Å². The second kappa shape index (κ2) is 4.35. The minimum absolute atomic E-state index is 0.876. The third-order valence-corrected chi connectivity index (χ3v) is 2.65. The first kappa shape index (κ1) is 10.7. The minimum Gasteiger partial charge on any atom is -0.497 e. The molecule has 2 rings (SSSR count). The fraction of sp³-hybridized carbons (Fsp3) is 0.214. The van der Waals surface area contributed by atoms with Crippen molar-refractivity contribution in [2.45, 2.75) is 13.8 Å². The zero-order valence-electron chi connectivity index (χ0n) is 9.82. The van der Waals surface area contributed by atoms with Gasteiger partial charge in [-0.05, 0) is 43.2 Å². The number of nitrogens with zero attached hydrogens (tertiary/aromatic N) is 1. The van der Waals surface area contributed by atoms with E-state index in [9.17, 15) is 0 Å². The summed E-state index contributed by atoms with van der Waals surface area (Å²) in [6.07, 6.45) is 1.92. The molecule has 1 aromatic heterocycles. The highest BCUT2D eigenvalue weighted by molar-refractivity contribution is 5.66. The summed E-state index contributed by atoms with van der Waals surface area (Å²) in [4.78, 5) is 4.33. The molecule has 0 aliphatic heterocycles. The van der Waals surface area contributed by atoms with Gasteiger partial charge in [0.05, 0.1) is 7.11 Å². The Bertz CT molecular complexity index is 489. The van der Waals surface area contributed by atoms with Crippen LogP contribution >= 0.6 is 0 Å². The number of benzene rings is 1. The molecule has 1 heterocycles.